The molecule has 15 heavy (non-hydrogen) atoms. The molecule has 0 amide bonds. The molecule has 80 valence electrons. The number of rotatable bonds is 4. The predicted octanol–water partition coefficient (Wildman–Crippen LogP) is 2.43. The van der Waals surface area contributed by atoms with Crippen LogP contribution < -0.4 is 4.74 Å². The highest BCUT2D eigenvalue weighted by Crippen LogP contribution is 2.25. The first-order chi connectivity index (χ1) is 7.00. The number of hydrogen-bond acceptors (Lipinski definition) is 4. The van der Waals surface area contributed by atoms with Crippen LogP contribution in [0.5, 0.6) is 5.88 Å². The number of aryl methyl sites for hydroxylation is 1. The largest absolute Gasteiger partial charge is 0.467 e. The van der Waals surface area contributed by atoms with E-state index in [1.165, 1.54) is 12.3 Å². The van der Waals surface area contributed by atoms with Gasteiger partial charge in [-0.05, 0) is 12.5 Å². The molecule has 1 aromatic rings. The lowest BCUT2D eigenvalue weighted by atomic mass is 10.3. The molecule has 0 saturated heterocycles. The Morgan fingerprint density at radius 2 is 2.47 bits per heavy atom. The number of halogens is 1. The maximum atomic E-state index is 10.6. The van der Waals surface area contributed by atoms with Gasteiger partial charge in [0.25, 0.3) is 5.88 Å². The maximum absolute atomic E-state index is 10.6. The second kappa shape index (κ2) is 4.75. The van der Waals surface area contributed by atoms with Crippen LogP contribution in [0.25, 0.3) is 0 Å². The molecule has 0 spiro atoms. The van der Waals surface area contributed by atoms with Crippen molar-refractivity contribution < 1.29 is 9.66 Å². The Balaban J connectivity index is 2.95. The SMILES string of the molecule is C=C(Cl)COc1ncc(C)cc1[N+](=O)[O-]. The summed E-state index contributed by atoms with van der Waals surface area (Å²) < 4.78 is 5.03. The van der Waals surface area contributed by atoms with E-state index in [0.29, 0.717) is 5.56 Å². The number of ether oxygens (including phenoxy) is 1. The fourth-order valence-corrected chi connectivity index (χ4v) is 0.984. The van der Waals surface area contributed by atoms with Crippen molar-refractivity contribution in [2.45, 2.75) is 6.92 Å². The van der Waals surface area contributed by atoms with Crippen LogP contribution in [-0.2, 0) is 0 Å². The maximum Gasteiger partial charge on any atom is 0.331 e. The van der Waals surface area contributed by atoms with E-state index in [1.54, 1.807) is 6.92 Å². The zero-order chi connectivity index (χ0) is 11.4. The Morgan fingerprint density at radius 3 is 3.00 bits per heavy atom. The fourth-order valence-electron chi connectivity index (χ4n) is 0.930. The Hall–Kier alpha value is -1.62. The van der Waals surface area contributed by atoms with E-state index >= 15 is 0 Å². The Morgan fingerprint density at radius 1 is 1.80 bits per heavy atom. The summed E-state index contributed by atoms with van der Waals surface area (Å²) in [4.78, 5) is 13.9. The second-order valence-corrected chi connectivity index (χ2v) is 3.43. The van der Waals surface area contributed by atoms with E-state index in [1.807, 2.05) is 0 Å². The molecule has 5 nitrogen and oxygen atoms in total. The van der Waals surface area contributed by atoms with Crippen LogP contribution in [-0.4, -0.2) is 16.5 Å². The van der Waals surface area contributed by atoms with Crippen molar-refractivity contribution in [1.29, 1.82) is 0 Å². The highest BCUT2D eigenvalue weighted by Gasteiger charge is 2.16. The molecule has 0 saturated carbocycles. The second-order valence-electron chi connectivity index (χ2n) is 2.90. The Labute approximate surface area is 91.5 Å². The van der Waals surface area contributed by atoms with Gasteiger partial charge in [0.15, 0.2) is 0 Å². The van der Waals surface area contributed by atoms with Crippen molar-refractivity contribution in [3.8, 4) is 5.88 Å². The van der Waals surface area contributed by atoms with Crippen LogP contribution in [0.1, 0.15) is 5.56 Å². The summed E-state index contributed by atoms with van der Waals surface area (Å²) in [5.74, 6) is -0.0487. The molecule has 0 aliphatic heterocycles. The molecule has 0 N–H and O–H groups in total. The van der Waals surface area contributed by atoms with Gasteiger partial charge in [0.1, 0.15) is 6.61 Å². The third-order valence-electron chi connectivity index (χ3n) is 1.53. The Kier molecular flexibility index (Phi) is 3.62. The molecule has 1 rings (SSSR count). The fraction of sp³-hybridized carbons (Fsp3) is 0.222. The van der Waals surface area contributed by atoms with Crippen LogP contribution in [0.3, 0.4) is 0 Å². The molecule has 0 aliphatic carbocycles. The first-order valence-electron chi connectivity index (χ1n) is 4.08. The third-order valence-corrected chi connectivity index (χ3v) is 1.64. The first kappa shape index (κ1) is 11.5. The summed E-state index contributed by atoms with van der Waals surface area (Å²) in [7, 11) is 0. The number of aromatic nitrogens is 1. The summed E-state index contributed by atoms with van der Waals surface area (Å²) in [5.41, 5.74) is 0.520. The molecule has 1 aromatic heterocycles. The van der Waals surface area contributed by atoms with Gasteiger partial charge < -0.3 is 4.74 Å². The summed E-state index contributed by atoms with van der Waals surface area (Å²) in [6.07, 6.45) is 1.49. The van der Waals surface area contributed by atoms with Crippen molar-refractivity contribution in [2.75, 3.05) is 6.61 Å². The summed E-state index contributed by atoms with van der Waals surface area (Å²) in [5, 5.41) is 10.9. The predicted molar refractivity (Wildman–Crippen MR) is 56.1 cm³/mol. The molecule has 0 radical (unpaired) electrons. The molecule has 0 unspecified atom stereocenters. The van der Waals surface area contributed by atoms with E-state index in [2.05, 4.69) is 11.6 Å². The van der Waals surface area contributed by atoms with Crippen molar-refractivity contribution >= 4 is 17.3 Å². The van der Waals surface area contributed by atoms with Crippen LogP contribution >= 0.6 is 11.6 Å². The smallest absolute Gasteiger partial charge is 0.331 e. The topological polar surface area (TPSA) is 65.3 Å². The molecular formula is C9H9ClN2O3. The molecule has 0 aromatic carbocycles. The minimum absolute atomic E-state index is 0.00153. The van der Waals surface area contributed by atoms with Crippen LogP contribution in [0.15, 0.2) is 23.9 Å². The summed E-state index contributed by atoms with van der Waals surface area (Å²) in [6, 6.07) is 1.39. The van der Waals surface area contributed by atoms with Crippen LogP contribution in [0, 0.1) is 17.0 Å². The lowest BCUT2D eigenvalue weighted by Gasteiger charge is -2.04. The Bertz CT molecular complexity index is 406. The van der Waals surface area contributed by atoms with Gasteiger partial charge in [-0.25, -0.2) is 4.98 Å². The minimum atomic E-state index is -0.549. The molecule has 0 atom stereocenters. The van der Waals surface area contributed by atoms with E-state index in [0.717, 1.165) is 0 Å². The minimum Gasteiger partial charge on any atom is -0.467 e. The van der Waals surface area contributed by atoms with Gasteiger partial charge in [-0.1, -0.05) is 18.2 Å². The normalized spacial score (nSPS) is 9.73. The molecule has 0 aliphatic rings. The molecule has 0 bridgehead atoms. The quantitative estimate of drug-likeness (QED) is 0.586. The first-order valence-corrected chi connectivity index (χ1v) is 4.45. The average Bonchev–Trinajstić information content (AvgIpc) is 2.15. The lowest BCUT2D eigenvalue weighted by molar-refractivity contribution is -0.386. The average molecular weight is 229 g/mol. The molecule has 6 heteroatoms. The van der Waals surface area contributed by atoms with E-state index in [4.69, 9.17) is 16.3 Å². The van der Waals surface area contributed by atoms with Crippen LogP contribution in [0.4, 0.5) is 5.69 Å². The third kappa shape index (κ3) is 3.21. The van der Waals surface area contributed by atoms with Gasteiger partial charge >= 0.3 is 5.69 Å². The van der Waals surface area contributed by atoms with Gasteiger partial charge in [-0.3, -0.25) is 10.1 Å². The van der Waals surface area contributed by atoms with Crippen molar-refractivity contribution in [3.05, 3.63) is 39.6 Å². The number of nitrogens with zero attached hydrogens (tertiary/aromatic N) is 2. The van der Waals surface area contributed by atoms with Gasteiger partial charge in [0, 0.05) is 17.3 Å². The highest BCUT2D eigenvalue weighted by molar-refractivity contribution is 6.29. The van der Waals surface area contributed by atoms with E-state index < -0.39 is 4.92 Å². The van der Waals surface area contributed by atoms with E-state index in [9.17, 15) is 10.1 Å². The zero-order valence-corrected chi connectivity index (χ0v) is 8.82. The van der Waals surface area contributed by atoms with Gasteiger partial charge in [-0.15, -0.1) is 0 Å². The molecule has 0 fully saturated rings. The van der Waals surface area contributed by atoms with Gasteiger partial charge in [0.2, 0.25) is 0 Å². The highest BCUT2D eigenvalue weighted by atomic mass is 35.5. The van der Waals surface area contributed by atoms with Gasteiger partial charge in [-0.2, -0.15) is 0 Å². The molecule has 1 heterocycles. The van der Waals surface area contributed by atoms with E-state index in [-0.39, 0.29) is 23.2 Å². The standard InChI is InChI=1S/C9H9ClN2O3/c1-6-3-8(12(13)14)9(11-4-6)15-5-7(2)10/h3-4H,2,5H2,1H3. The number of nitro groups is 1. The van der Waals surface area contributed by atoms with Crippen molar-refractivity contribution in [1.82, 2.24) is 4.98 Å². The van der Waals surface area contributed by atoms with Crippen molar-refractivity contribution in [2.24, 2.45) is 0 Å². The lowest BCUT2D eigenvalue weighted by Crippen LogP contribution is -2.02. The zero-order valence-electron chi connectivity index (χ0n) is 8.07. The number of pyridine rings is 1. The van der Waals surface area contributed by atoms with Crippen molar-refractivity contribution in [3.63, 3.8) is 0 Å². The van der Waals surface area contributed by atoms with Gasteiger partial charge in [0.05, 0.1) is 4.92 Å². The van der Waals surface area contributed by atoms with Crippen LogP contribution in [0.2, 0.25) is 0 Å². The summed E-state index contributed by atoms with van der Waals surface area (Å²) in [6.45, 7) is 5.12. The summed E-state index contributed by atoms with van der Waals surface area (Å²) >= 11 is 5.47. The molecular weight excluding hydrogens is 220 g/mol. The number of hydrogen-bond donors (Lipinski definition) is 0. The monoisotopic (exact) mass is 228 g/mol.